The number of hydrogen-bond donors (Lipinski definition) is 1. The van der Waals surface area contributed by atoms with Gasteiger partial charge in [0.1, 0.15) is 5.65 Å². The summed E-state index contributed by atoms with van der Waals surface area (Å²) in [5, 5.41) is 13.3. The van der Waals surface area contributed by atoms with Gasteiger partial charge in [0.25, 0.3) is 0 Å². The van der Waals surface area contributed by atoms with Crippen molar-refractivity contribution in [2.75, 3.05) is 0 Å². The van der Waals surface area contributed by atoms with Crippen LogP contribution in [-0.4, -0.2) is 41.5 Å². The number of nitrogens with zero attached hydrogens (tertiary/aromatic N) is 5. The first-order valence-corrected chi connectivity index (χ1v) is 8.99. The Bertz CT molecular complexity index is 1150. The monoisotopic (exact) mass is 401 g/mol. The van der Waals surface area contributed by atoms with E-state index in [1.807, 2.05) is 41.9 Å². The second kappa shape index (κ2) is 7.32. The first-order valence-electron chi connectivity index (χ1n) is 8.99. The van der Waals surface area contributed by atoms with Gasteiger partial charge in [-0.05, 0) is 25.1 Å². The lowest BCUT2D eigenvalue weighted by Gasteiger charge is -2.13. The number of imidazole rings is 1. The number of hydrogen-bond acceptors (Lipinski definition) is 4. The molecule has 1 atom stereocenters. The Morgan fingerprint density at radius 3 is 2.79 bits per heavy atom. The molecule has 0 aromatic carbocycles. The van der Waals surface area contributed by atoms with Crippen LogP contribution in [0.25, 0.3) is 28.0 Å². The largest absolute Gasteiger partial charge is 0.414 e. The lowest BCUT2D eigenvalue weighted by atomic mass is 10.0. The zero-order valence-electron chi connectivity index (χ0n) is 15.5. The van der Waals surface area contributed by atoms with Gasteiger partial charge in [-0.2, -0.15) is 18.3 Å². The molecule has 0 amide bonds. The molecule has 0 saturated carbocycles. The summed E-state index contributed by atoms with van der Waals surface area (Å²) < 4.78 is 40.8. The van der Waals surface area contributed by atoms with E-state index in [9.17, 15) is 13.2 Å². The molecule has 9 heteroatoms. The maximum Gasteiger partial charge on any atom is 0.414 e. The van der Waals surface area contributed by atoms with Crippen molar-refractivity contribution >= 4 is 5.65 Å². The van der Waals surface area contributed by atoms with Crippen molar-refractivity contribution in [2.45, 2.75) is 32.2 Å². The van der Waals surface area contributed by atoms with Crippen LogP contribution in [-0.2, 0) is 6.54 Å². The fraction of sp³-hybridized carbons (Fsp3) is 0.250. The van der Waals surface area contributed by atoms with Crippen molar-refractivity contribution in [1.82, 2.24) is 24.1 Å². The lowest BCUT2D eigenvalue weighted by molar-refractivity contribution is -0.206. The van der Waals surface area contributed by atoms with Gasteiger partial charge in [-0.25, -0.2) is 4.98 Å². The standard InChI is InChI=1S/C20H18F3N5O/c1-13-11-27-7-4-14(9-18(27)26-13)19-16(3-2-6-24-19)15-10-25-28(12-15)8-5-17(29)20(21,22)23/h2-4,6-7,9-12,17,29H,5,8H2,1H3. The Morgan fingerprint density at radius 1 is 1.17 bits per heavy atom. The van der Waals surface area contributed by atoms with Crippen LogP contribution in [0.3, 0.4) is 0 Å². The molecule has 4 aromatic heterocycles. The molecule has 0 spiro atoms. The smallest absolute Gasteiger partial charge is 0.384 e. The molecule has 1 N–H and O–H groups in total. The average Bonchev–Trinajstić information content (AvgIpc) is 3.30. The topological polar surface area (TPSA) is 68.2 Å². The second-order valence-corrected chi connectivity index (χ2v) is 6.80. The van der Waals surface area contributed by atoms with E-state index in [-0.39, 0.29) is 6.54 Å². The summed E-state index contributed by atoms with van der Waals surface area (Å²) in [7, 11) is 0. The van der Waals surface area contributed by atoms with E-state index in [0.717, 1.165) is 33.7 Å². The minimum absolute atomic E-state index is 0.0460. The van der Waals surface area contributed by atoms with Gasteiger partial charge < -0.3 is 9.51 Å². The molecule has 0 radical (unpaired) electrons. The number of halogens is 3. The Morgan fingerprint density at radius 2 is 2.00 bits per heavy atom. The lowest BCUT2D eigenvalue weighted by Crippen LogP contribution is -2.29. The van der Waals surface area contributed by atoms with E-state index in [0.29, 0.717) is 0 Å². The molecular formula is C20H18F3N5O. The number of fused-ring (bicyclic) bond motifs is 1. The molecule has 0 saturated heterocycles. The van der Waals surface area contributed by atoms with Crippen LogP contribution in [0.15, 0.2) is 55.2 Å². The second-order valence-electron chi connectivity index (χ2n) is 6.80. The fourth-order valence-electron chi connectivity index (χ4n) is 3.17. The molecule has 0 fully saturated rings. The molecule has 0 aliphatic rings. The first kappa shape index (κ1) is 19.1. The molecule has 4 aromatic rings. The third kappa shape index (κ3) is 4.00. The van der Waals surface area contributed by atoms with Crippen LogP contribution < -0.4 is 0 Å². The van der Waals surface area contributed by atoms with E-state index < -0.39 is 18.7 Å². The van der Waals surface area contributed by atoms with E-state index in [1.54, 1.807) is 24.7 Å². The van der Waals surface area contributed by atoms with Gasteiger partial charge in [0.15, 0.2) is 6.10 Å². The highest BCUT2D eigenvalue weighted by Gasteiger charge is 2.37. The maximum atomic E-state index is 12.5. The van der Waals surface area contributed by atoms with Crippen LogP contribution in [0.2, 0.25) is 0 Å². The number of aliphatic hydroxyl groups excluding tert-OH is 1. The van der Waals surface area contributed by atoms with Crippen LogP contribution in [0, 0.1) is 6.92 Å². The summed E-state index contributed by atoms with van der Waals surface area (Å²) in [6.45, 7) is 1.87. The van der Waals surface area contributed by atoms with Crippen LogP contribution >= 0.6 is 0 Å². The first-order chi connectivity index (χ1) is 13.8. The van der Waals surface area contributed by atoms with E-state index >= 15 is 0 Å². The van der Waals surface area contributed by atoms with Crippen LogP contribution in [0.4, 0.5) is 13.2 Å². The van der Waals surface area contributed by atoms with Gasteiger partial charge in [0.05, 0.1) is 17.6 Å². The van der Waals surface area contributed by atoms with Crippen LogP contribution in [0.1, 0.15) is 12.1 Å². The van der Waals surface area contributed by atoms with Crippen molar-refractivity contribution in [1.29, 1.82) is 0 Å². The highest BCUT2D eigenvalue weighted by molar-refractivity contribution is 5.81. The number of alkyl halides is 3. The Hall–Kier alpha value is -3.20. The fourth-order valence-corrected chi connectivity index (χ4v) is 3.17. The van der Waals surface area contributed by atoms with Gasteiger partial charge >= 0.3 is 6.18 Å². The molecule has 0 aliphatic heterocycles. The highest BCUT2D eigenvalue weighted by Crippen LogP contribution is 2.30. The zero-order valence-corrected chi connectivity index (χ0v) is 15.5. The molecule has 0 bridgehead atoms. The van der Waals surface area contributed by atoms with E-state index in [1.165, 1.54) is 4.68 Å². The SMILES string of the molecule is Cc1cn2ccc(-c3ncccc3-c3cnn(CCC(O)C(F)(F)F)c3)cc2n1. The van der Waals surface area contributed by atoms with Gasteiger partial charge in [0.2, 0.25) is 0 Å². The van der Waals surface area contributed by atoms with E-state index in [4.69, 9.17) is 5.11 Å². The third-order valence-corrected chi connectivity index (χ3v) is 4.62. The number of aromatic nitrogens is 5. The Kier molecular flexibility index (Phi) is 4.83. The molecule has 29 heavy (non-hydrogen) atoms. The van der Waals surface area contributed by atoms with Crippen molar-refractivity contribution in [3.63, 3.8) is 0 Å². The predicted molar refractivity (Wildman–Crippen MR) is 101 cm³/mol. The summed E-state index contributed by atoms with van der Waals surface area (Å²) in [5.41, 5.74) is 4.85. The Balaban J connectivity index is 1.62. The summed E-state index contributed by atoms with van der Waals surface area (Å²) in [5.74, 6) is 0. The molecule has 6 nitrogen and oxygen atoms in total. The molecule has 1 unspecified atom stereocenters. The van der Waals surface area contributed by atoms with Gasteiger partial charge in [0, 0.05) is 54.4 Å². The third-order valence-electron chi connectivity index (χ3n) is 4.62. The van der Waals surface area contributed by atoms with Gasteiger partial charge in [-0.15, -0.1) is 0 Å². The van der Waals surface area contributed by atoms with Crippen molar-refractivity contribution in [2.24, 2.45) is 0 Å². The summed E-state index contributed by atoms with van der Waals surface area (Å²) in [6.07, 6.45) is 1.30. The van der Waals surface area contributed by atoms with Gasteiger partial charge in [-0.3, -0.25) is 9.67 Å². The molecule has 4 heterocycles. The summed E-state index contributed by atoms with van der Waals surface area (Å²) >= 11 is 0. The molecule has 4 rings (SSSR count). The van der Waals surface area contributed by atoms with Crippen molar-refractivity contribution in [3.8, 4) is 22.4 Å². The number of pyridine rings is 2. The molecule has 150 valence electrons. The minimum atomic E-state index is -4.63. The highest BCUT2D eigenvalue weighted by atomic mass is 19.4. The minimum Gasteiger partial charge on any atom is -0.384 e. The normalized spacial score (nSPS) is 13.1. The van der Waals surface area contributed by atoms with E-state index in [2.05, 4.69) is 15.1 Å². The van der Waals surface area contributed by atoms with Crippen molar-refractivity contribution < 1.29 is 18.3 Å². The predicted octanol–water partition coefficient (Wildman–Crippen LogP) is 3.88. The zero-order chi connectivity index (χ0) is 20.6. The number of aliphatic hydroxyl groups is 1. The number of aryl methyl sites for hydroxylation is 2. The van der Waals surface area contributed by atoms with Crippen LogP contribution in [0.5, 0.6) is 0 Å². The maximum absolute atomic E-state index is 12.5. The summed E-state index contributed by atoms with van der Waals surface area (Å²) in [6, 6.07) is 7.55. The Labute approximate surface area is 164 Å². The van der Waals surface area contributed by atoms with Crippen molar-refractivity contribution in [3.05, 3.63) is 60.9 Å². The van der Waals surface area contributed by atoms with Gasteiger partial charge in [-0.1, -0.05) is 6.07 Å². The quantitative estimate of drug-likeness (QED) is 0.551. The number of rotatable bonds is 5. The average molecular weight is 401 g/mol. The summed E-state index contributed by atoms with van der Waals surface area (Å²) in [4.78, 5) is 8.96. The molecule has 0 aliphatic carbocycles. The molecular weight excluding hydrogens is 383 g/mol.